The van der Waals surface area contributed by atoms with E-state index in [1.807, 2.05) is 0 Å². The summed E-state index contributed by atoms with van der Waals surface area (Å²) in [5, 5.41) is 3.12. The molecule has 0 bridgehead atoms. The molecule has 146 valence electrons. The van der Waals surface area contributed by atoms with E-state index in [2.05, 4.69) is 5.32 Å². The fourth-order valence-corrected chi connectivity index (χ4v) is 2.91. The number of rotatable bonds is 7. The quantitative estimate of drug-likeness (QED) is 0.719. The molecule has 2 aromatic rings. The Kier molecular flexibility index (Phi) is 6.49. The normalized spacial score (nSPS) is 13.3. The Labute approximate surface area is 167 Å². The number of carbonyl (C=O) groups is 3. The lowest BCUT2D eigenvalue weighted by Crippen LogP contribution is -2.24. The Balaban J connectivity index is 1.41. The van der Waals surface area contributed by atoms with Gasteiger partial charge in [0.25, 0.3) is 5.91 Å². The molecule has 1 saturated heterocycles. The molecule has 0 radical (unpaired) electrons. The zero-order valence-electron chi connectivity index (χ0n) is 15.0. The molecular weight excluding hydrogens is 384 g/mol. The van der Waals surface area contributed by atoms with Crippen molar-refractivity contribution >= 4 is 40.8 Å². The molecule has 0 unspecified atom stereocenters. The van der Waals surface area contributed by atoms with Crippen LogP contribution in [-0.2, 0) is 19.1 Å². The van der Waals surface area contributed by atoms with Gasteiger partial charge in [0.15, 0.2) is 13.2 Å². The summed E-state index contributed by atoms with van der Waals surface area (Å²) in [5.41, 5.74) is 1.34. The molecule has 0 aromatic heterocycles. The SMILES string of the molecule is O=C(COC(=O)COc1cccc(Cl)c1)Nc1ccc(N2CCCC2=O)cc1. The van der Waals surface area contributed by atoms with E-state index in [4.69, 9.17) is 21.1 Å². The van der Waals surface area contributed by atoms with E-state index in [9.17, 15) is 14.4 Å². The van der Waals surface area contributed by atoms with E-state index < -0.39 is 18.5 Å². The summed E-state index contributed by atoms with van der Waals surface area (Å²) in [5.74, 6) is -0.603. The minimum atomic E-state index is -0.669. The second-order valence-corrected chi connectivity index (χ2v) is 6.59. The van der Waals surface area contributed by atoms with Crippen LogP contribution in [0.25, 0.3) is 0 Å². The molecule has 1 fully saturated rings. The first-order chi connectivity index (χ1) is 13.5. The first kappa shape index (κ1) is 19.7. The van der Waals surface area contributed by atoms with E-state index in [-0.39, 0.29) is 12.5 Å². The summed E-state index contributed by atoms with van der Waals surface area (Å²) in [6.07, 6.45) is 1.41. The molecule has 1 N–H and O–H groups in total. The lowest BCUT2D eigenvalue weighted by Gasteiger charge is -2.16. The summed E-state index contributed by atoms with van der Waals surface area (Å²) in [7, 11) is 0. The molecule has 2 aromatic carbocycles. The fourth-order valence-electron chi connectivity index (χ4n) is 2.73. The minimum absolute atomic E-state index is 0.101. The van der Waals surface area contributed by atoms with Crippen LogP contribution in [-0.4, -0.2) is 37.5 Å². The van der Waals surface area contributed by atoms with Crippen molar-refractivity contribution in [3.63, 3.8) is 0 Å². The van der Waals surface area contributed by atoms with Crippen molar-refractivity contribution < 1.29 is 23.9 Å². The molecule has 2 amide bonds. The molecule has 0 spiro atoms. The summed E-state index contributed by atoms with van der Waals surface area (Å²) < 4.78 is 10.1. The number of amides is 2. The summed E-state index contributed by atoms with van der Waals surface area (Å²) in [6.45, 7) is -0.0476. The first-order valence-corrected chi connectivity index (χ1v) is 9.13. The molecular formula is C20H19ClN2O5. The van der Waals surface area contributed by atoms with Gasteiger partial charge in [-0.3, -0.25) is 9.59 Å². The van der Waals surface area contributed by atoms with E-state index in [0.717, 1.165) is 12.1 Å². The van der Waals surface area contributed by atoms with Crippen molar-refractivity contribution in [2.45, 2.75) is 12.8 Å². The maximum absolute atomic E-state index is 11.9. The van der Waals surface area contributed by atoms with Crippen molar-refractivity contribution in [1.29, 1.82) is 0 Å². The van der Waals surface area contributed by atoms with E-state index in [1.54, 1.807) is 53.4 Å². The van der Waals surface area contributed by atoms with Gasteiger partial charge >= 0.3 is 5.97 Å². The molecule has 0 aliphatic carbocycles. The second kappa shape index (κ2) is 9.23. The molecule has 1 aliphatic heterocycles. The van der Waals surface area contributed by atoms with E-state index >= 15 is 0 Å². The van der Waals surface area contributed by atoms with Gasteiger partial charge in [0.05, 0.1) is 0 Å². The number of esters is 1. The van der Waals surface area contributed by atoms with Crippen LogP contribution >= 0.6 is 11.6 Å². The maximum Gasteiger partial charge on any atom is 0.344 e. The lowest BCUT2D eigenvalue weighted by atomic mass is 10.2. The highest BCUT2D eigenvalue weighted by atomic mass is 35.5. The van der Waals surface area contributed by atoms with Crippen molar-refractivity contribution in [1.82, 2.24) is 0 Å². The predicted octanol–water partition coefficient (Wildman–Crippen LogP) is 3.03. The van der Waals surface area contributed by atoms with Crippen LogP contribution in [0.3, 0.4) is 0 Å². The van der Waals surface area contributed by atoms with Crippen LogP contribution in [0, 0.1) is 0 Å². The van der Waals surface area contributed by atoms with Crippen molar-refractivity contribution in [2.75, 3.05) is 30.0 Å². The Morgan fingerprint density at radius 1 is 1.11 bits per heavy atom. The number of hydrogen-bond donors (Lipinski definition) is 1. The van der Waals surface area contributed by atoms with Gasteiger partial charge in [0.2, 0.25) is 5.91 Å². The smallest absolute Gasteiger partial charge is 0.344 e. The van der Waals surface area contributed by atoms with Gasteiger partial charge in [-0.25, -0.2) is 4.79 Å². The van der Waals surface area contributed by atoms with Gasteiger partial charge in [0.1, 0.15) is 5.75 Å². The van der Waals surface area contributed by atoms with Gasteiger partial charge in [0, 0.05) is 29.4 Å². The monoisotopic (exact) mass is 402 g/mol. The minimum Gasteiger partial charge on any atom is -0.482 e. The third-order valence-electron chi connectivity index (χ3n) is 4.05. The third-order valence-corrected chi connectivity index (χ3v) is 4.29. The van der Waals surface area contributed by atoms with Crippen molar-refractivity contribution in [3.05, 3.63) is 53.6 Å². The number of benzene rings is 2. The molecule has 28 heavy (non-hydrogen) atoms. The molecule has 0 saturated carbocycles. The lowest BCUT2D eigenvalue weighted by molar-refractivity contribution is -0.149. The van der Waals surface area contributed by atoms with Gasteiger partial charge < -0.3 is 19.7 Å². The predicted molar refractivity (Wildman–Crippen MR) is 105 cm³/mol. The van der Waals surface area contributed by atoms with Crippen molar-refractivity contribution in [2.24, 2.45) is 0 Å². The number of nitrogens with one attached hydrogen (secondary N) is 1. The van der Waals surface area contributed by atoms with E-state index in [0.29, 0.717) is 29.4 Å². The number of carbonyl (C=O) groups excluding carboxylic acids is 3. The van der Waals surface area contributed by atoms with E-state index in [1.165, 1.54) is 0 Å². The highest BCUT2D eigenvalue weighted by Gasteiger charge is 2.21. The van der Waals surface area contributed by atoms with Crippen LogP contribution in [0.4, 0.5) is 11.4 Å². The molecule has 7 nitrogen and oxygen atoms in total. The van der Waals surface area contributed by atoms with Crippen LogP contribution in [0.1, 0.15) is 12.8 Å². The van der Waals surface area contributed by atoms with Crippen LogP contribution in [0.5, 0.6) is 5.75 Å². The number of nitrogens with zero attached hydrogens (tertiary/aromatic N) is 1. The molecule has 1 heterocycles. The zero-order chi connectivity index (χ0) is 19.9. The zero-order valence-corrected chi connectivity index (χ0v) is 15.8. The number of anilines is 2. The van der Waals surface area contributed by atoms with Crippen LogP contribution in [0.15, 0.2) is 48.5 Å². The molecule has 1 aliphatic rings. The van der Waals surface area contributed by atoms with Gasteiger partial charge in [-0.15, -0.1) is 0 Å². The summed E-state index contributed by atoms with van der Waals surface area (Å²) >= 11 is 5.83. The van der Waals surface area contributed by atoms with Gasteiger partial charge in [-0.2, -0.15) is 0 Å². The maximum atomic E-state index is 11.9. The molecule has 3 rings (SSSR count). The number of ether oxygens (including phenoxy) is 2. The summed E-state index contributed by atoms with van der Waals surface area (Å²) in [6, 6.07) is 13.5. The Morgan fingerprint density at radius 2 is 1.89 bits per heavy atom. The largest absolute Gasteiger partial charge is 0.482 e. The highest BCUT2D eigenvalue weighted by Crippen LogP contribution is 2.23. The Morgan fingerprint density at radius 3 is 2.57 bits per heavy atom. The first-order valence-electron chi connectivity index (χ1n) is 8.75. The molecule has 0 atom stereocenters. The highest BCUT2D eigenvalue weighted by molar-refractivity contribution is 6.30. The van der Waals surface area contributed by atoms with Crippen LogP contribution < -0.4 is 15.0 Å². The Bertz CT molecular complexity index is 869. The fraction of sp³-hybridized carbons (Fsp3) is 0.250. The van der Waals surface area contributed by atoms with Gasteiger partial charge in [-0.1, -0.05) is 17.7 Å². The second-order valence-electron chi connectivity index (χ2n) is 6.15. The molecule has 8 heteroatoms. The average Bonchev–Trinajstić information content (AvgIpc) is 3.11. The average molecular weight is 403 g/mol. The standard InChI is InChI=1S/C20H19ClN2O5/c21-14-3-1-4-17(11-14)27-13-20(26)28-12-18(24)22-15-6-8-16(9-7-15)23-10-2-5-19(23)25/h1,3-4,6-9,11H,2,5,10,12-13H2,(H,22,24). The number of halogens is 1. The Hall–Kier alpha value is -3.06. The number of hydrogen-bond acceptors (Lipinski definition) is 5. The summed E-state index contributed by atoms with van der Waals surface area (Å²) in [4.78, 5) is 37.1. The van der Waals surface area contributed by atoms with Crippen LogP contribution in [0.2, 0.25) is 5.02 Å². The topological polar surface area (TPSA) is 84.9 Å². The van der Waals surface area contributed by atoms with Gasteiger partial charge in [-0.05, 0) is 48.9 Å². The van der Waals surface area contributed by atoms with Crippen molar-refractivity contribution in [3.8, 4) is 5.75 Å². The third kappa shape index (κ3) is 5.47.